The minimum Gasteiger partial charge on any atom is -0.307 e. The average molecular weight is 402 g/mol. The van der Waals surface area contributed by atoms with E-state index in [1.54, 1.807) is 0 Å². The molecule has 1 amide bonds. The predicted molar refractivity (Wildman–Crippen MR) is 73.6 cm³/mol. The van der Waals surface area contributed by atoms with E-state index >= 15 is 0 Å². The molecule has 0 spiro atoms. The Bertz CT molecular complexity index is 804. The monoisotopic (exact) mass is 402 g/mol. The molecule has 2 aromatic rings. The van der Waals surface area contributed by atoms with Crippen LogP contribution in [0.1, 0.15) is 27.0 Å². The molecule has 1 aromatic heterocycles. The average Bonchev–Trinajstić information content (AvgIpc) is 2.52. The molecule has 0 radical (unpaired) electrons. The van der Waals surface area contributed by atoms with Crippen LogP contribution < -0.4 is 5.32 Å². The van der Waals surface area contributed by atoms with Gasteiger partial charge in [0.15, 0.2) is 0 Å². The maximum Gasteiger partial charge on any atom is 0.417 e. The SMILES string of the molecule is O=C(Nc1ccc(C(F)(F)F)cn1)c1cc(C(F)(F)F)cc(C(F)(F)F)c1. The van der Waals surface area contributed by atoms with Gasteiger partial charge in [-0.1, -0.05) is 0 Å². The maximum absolute atomic E-state index is 12.8. The van der Waals surface area contributed by atoms with Crippen LogP contribution >= 0.6 is 0 Å². The molecule has 3 nitrogen and oxygen atoms in total. The lowest BCUT2D eigenvalue weighted by molar-refractivity contribution is -0.143. The number of rotatable bonds is 2. The Kier molecular flexibility index (Phi) is 5.12. The molecule has 1 heterocycles. The summed E-state index contributed by atoms with van der Waals surface area (Å²) >= 11 is 0. The molecule has 0 fully saturated rings. The van der Waals surface area contributed by atoms with Crippen LogP contribution in [0.4, 0.5) is 45.3 Å². The van der Waals surface area contributed by atoms with E-state index in [1.807, 2.05) is 5.32 Å². The first-order chi connectivity index (χ1) is 12.2. The highest BCUT2D eigenvalue weighted by Gasteiger charge is 2.37. The van der Waals surface area contributed by atoms with Crippen LogP contribution in [0, 0.1) is 0 Å². The summed E-state index contributed by atoms with van der Waals surface area (Å²) in [5.41, 5.74) is -5.55. The molecule has 27 heavy (non-hydrogen) atoms. The maximum atomic E-state index is 12.8. The second kappa shape index (κ2) is 6.74. The first-order valence-electron chi connectivity index (χ1n) is 6.82. The highest BCUT2D eigenvalue weighted by molar-refractivity contribution is 6.04. The van der Waals surface area contributed by atoms with Crippen molar-refractivity contribution in [1.82, 2.24) is 4.98 Å². The number of pyridine rings is 1. The van der Waals surface area contributed by atoms with Crippen LogP contribution in [0.25, 0.3) is 0 Å². The summed E-state index contributed by atoms with van der Waals surface area (Å²) in [7, 11) is 0. The van der Waals surface area contributed by atoms with Crippen molar-refractivity contribution in [2.45, 2.75) is 18.5 Å². The standard InChI is InChI=1S/C15H7F9N2O/c16-13(17,18)8-1-2-11(25-6-8)26-12(27)7-3-9(14(19,20)21)5-10(4-7)15(22,23)24/h1-6H,(H,25,26,27). The third-order valence-corrected chi connectivity index (χ3v) is 3.18. The molecule has 146 valence electrons. The van der Waals surface area contributed by atoms with Gasteiger partial charge in [-0.2, -0.15) is 39.5 Å². The molecular formula is C15H7F9N2O. The van der Waals surface area contributed by atoms with Crippen molar-refractivity contribution < 1.29 is 44.3 Å². The smallest absolute Gasteiger partial charge is 0.307 e. The molecule has 0 aliphatic carbocycles. The van der Waals surface area contributed by atoms with Crippen molar-refractivity contribution in [3.05, 3.63) is 58.8 Å². The summed E-state index contributed by atoms with van der Waals surface area (Å²) in [5.74, 6) is -1.89. The fourth-order valence-electron chi connectivity index (χ4n) is 1.91. The minimum atomic E-state index is -5.15. The second-order valence-corrected chi connectivity index (χ2v) is 5.18. The van der Waals surface area contributed by atoms with Gasteiger partial charge >= 0.3 is 18.5 Å². The quantitative estimate of drug-likeness (QED) is 0.685. The Balaban J connectivity index is 2.35. The largest absolute Gasteiger partial charge is 0.417 e. The molecule has 0 atom stereocenters. The fraction of sp³-hybridized carbons (Fsp3) is 0.200. The van der Waals surface area contributed by atoms with E-state index in [1.165, 1.54) is 0 Å². The molecule has 0 saturated carbocycles. The first-order valence-corrected chi connectivity index (χ1v) is 6.82. The third-order valence-electron chi connectivity index (χ3n) is 3.18. The van der Waals surface area contributed by atoms with E-state index in [-0.39, 0.29) is 18.2 Å². The van der Waals surface area contributed by atoms with Gasteiger partial charge in [0.1, 0.15) is 5.82 Å². The summed E-state index contributed by atoms with van der Waals surface area (Å²) in [5, 5.41) is 1.84. The van der Waals surface area contributed by atoms with Crippen LogP contribution in [0.5, 0.6) is 0 Å². The zero-order valence-corrected chi connectivity index (χ0v) is 12.7. The molecule has 0 bridgehead atoms. The number of hydrogen-bond donors (Lipinski definition) is 1. The van der Waals surface area contributed by atoms with Gasteiger partial charge in [-0.25, -0.2) is 4.98 Å². The number of hydrogen-bond acceptors (Lipinski definition) is 2. The van der Waals surface area contributed by atoms with E-state index in [9.17, 15) is 44.3 Å². The normalized spacial score (nSPS) is 12.8. The van der Waals surface area contributed by atoms with E-state index in [0.717, 1.165) is 0 Å². The lowest BCUT2D eigenvalue weighted by Gasteiger charge is -2.14. The lowest BCUT2D eigenvalue weighted by atomic mass is 10.0. The number of nitrogens with zero attached hydrogens (tertiary/aromatic N) is 1. The van der Waals surface area contributed by atoms with Crippen LogP contribution in [0.15, 0.2) is 36.5 Å². The van der Waals surface area contributed by atoms with Crippen LogP contribution in [0.2, 0.25) is 0 Å². The number of benzene rings is 1. The topological polar surface area (TPSA) is 42.0 Å². The number of carbonyl (C=O) groups is 1. The molecule has 12 heteroatoms. The van der Waals surface area contributed by atoms with Crippen molar-refractivity contribution in [2.75, 3.05) is 5.32 Å². The molecule has 0 unspecified atom stereocenters. The van der Waals surface area contributed by atoms with E-state index in [0.29, 0.717) is 18.3 Å². The Morgan fingerprint density at radius 1 is 0.741 bits per heavy atom. The highest BCUT2D eigenvalue weighted by Crippen LogP contribution is 2.36. The predicted octanol–water partition coefficient (Wildman–Crippen LogP) is 5.39. The number of alkyl halides is 9. The fourth-order valence-corrected chi connectivity index (χ4v) is 1.91. The number of aromatic nitrogens is 1. The number of carbonyl (C=O) groups excluding carboxylic acids is 1. The third kappa shape index (κ3) is 5.11. The van der Waals surface area contributed by atoms with E-state index in [2.05, 4.69) is 4.98 Å². The molecule has 0 saturated heterocycles. The van der Waals surface area contributed by atoms with Gasteiger partial charge in [-0.15, -0.1) is 0 Å². The van der Waals surface area contributed by atoms with Gasteiger partial charge in [0, 0.05) is 11.8 Å². The number of nitrogens with one attached hydrogen (secondary N) is 1. The Morgan fingerprint density at radius 2 is 1.22 bits per heavy atom. The molecule has 0 aliphatic rings. The van der Waals surface area contributed by atoms with E-state index in [4.69, 9.17) is 0 Å². The summed E-state index contributed by atoms with van der Waals surface area (Å²) in [6, 6.07) is 1.46. The Morgan fingerprint density at radius 3 is 1.59 bits per heavy atom. The number of halogens is 9. The van der Waals surface area contributed by atoms with Gasteiger partial charge in [-0.3, -0.25) is 4.79 Å². The molecule has 1 N–H and O–H groups in total. The Labute approximate surface area is 144 Å². The van der Waals surface area contributed by atoms with Gasteiger partial charge in [0.05, 0.1) is 16.7 Å². The van der Waals surface area contributed by atoms with Crippen LogP contribution in [-0.2, 0) is 18.5 Å². The minimum absolute atomic E-state index is 0.160. The Hall–Kier alpha value is -2.79. The van der Waals surface area contributed by atoms with Gasteiger partial charge in [0.25, 0.3) is 5.91 Å². The molecule has 0 aliphatic heterocycles. The number of anilines is 1. The summed E-state index contributed by atoms with van der Waals surface area (Å²) in [6.45, 7) is 0. The lowest BCUT2D eigenvalue weighted by Crippen LogP contribution is -2.18. The van der Waals surface area contributed by atoms with Crippen LogP contribution in [-0.4, -0.2) is 10.9 Å². The summed E-state index contributed by atoms with van der Waals surface area (Å²) < 4.78 is 114. The van der Waals surface area contributed by atoms with Crippen molar-refractivity contribution in [1.29, 1.82) is 0 Å². The van der Waals surface area contributed by atoms with Crippen molar-refractivity contribution >= 4 is 11.7 Å². The molecule has 1 aromatic carbocycles. The number of amides is 1. The van der Waals surface area contributed by atoms with Gasteiger partial charge in [0.2, 0.25) is 0 Å². The van der Waals surface area contributed by atoms with Crippen LogP contribution in [0.3, 0.4) is 0 Å². The van der Waals surface area contributed by atoms with Gasteiger partial charge < -0.3 is 5.32 Å². The zero-order chi connectivity index (χ0) is 20.6. The van der Waals surface area contributed by atoms with Gasteiger partial charge in [-0.05, 0) is 30.3 Å². The zero-order valence-electron chi connectivity index (χ0n) is 12.7. The summed E-state index contributed by atoms with van der Waals surface area (Å²) in [4.78, 5) is 15.2. The van der Waals surface area contributed by atoms with Crippen molar-refractivity contribution in [3.63, 3.8) is 0 Å². The summed E-state index contributed by atoms with van der Waals surface area (Å²) in [6.07, 6.45) is -14.7. The van der Waals surface area contributed by atoms with Crippen molar-refractivity contribution in [2.24, 2.45) is 0 Å². The second-order valence-electron chi connectivity index (χ2n) is 5.18. The molecular weight excluding hydrogens is 395 g/mol. The van der Waals surface area contributed by atoms with Crippen molar-refractivity contribution in [3.8, 4) is 0 Å². The van der Waals surface area contributed by atoms with E-state index < -0.39 is 52.5 Å². The first kappa shape index (κ1) is 20.5. The molecule has 2 rings (SSSR count). The highest BCUT2D eigenvalue weighted by atomic mass is 19.4.